The summed E-state index contributed by atoms with van der Waals surface area (Å²) in [5.41, 5.74) is 5.04. The third-order valence-corrected chi connectivity index (χ3v) is 9.91. The molecule has 55 heavy (non-hydrogen) atoms. The molecule has 7 heteroatoms. The van der Waals surface area contributed by atoms with Crippen molar-refractivity contribution in [1.29, 1.82) is 0 Å². The van der Waals surface area contributed by atoms with E-state index in [4.69, 9.17) is 23.7 Å². The van der Waals surface area contributed by atoms with Gasteiger partial charge in [-0.05, 0) is 112 Å². The number of esters is 1. The van der Waals surface area contributed by atoms with Crippen molar-refractivity contribution < 1.29 is 33.3 Å². The van der Waals surface area contributed by atoms with E-state index in [-0.39, 0.29) is 40.8 Å². The number of ketones is 1. The maximum atomic E-state index is 12.5. The summed E-state index contributed by atoms with van der Waals surface area (Å²) in [5.74, 6) is 2.58. The van der Waals surface area contributed by atoms with Crippen LogP contribution in [-0.2, 0) is 35.8 Å². The molecule has 3 atom stereocenters. The lowest BCUT2D eigenvalue weighted by Gasteiger charge is -2.25. The van der Waals surface area contributed by atoms with E-state index in [0.717, 1.165) is 47.2 Å². The highest BCUT2D eigenvalue weighted by Crippen LogP contribution is 2.60. The summed E-state index contributed by atoms with van der Waals surface area (Å²) < 4.78 is 28.0. The minimum atomic E-state index is -0.390. The standard InChI is InChI=1S/C25H28O3.C19H26O3.C4H10O/c1-4-27-22-15-13-21(14-16-22)25(2,3)19-26-18-20-9-8-12-24(17-20)28-23-10-6-5-7-11-23;1-7-8-13-12(4)16(10-15(13)20)22-18(21)17-14(9-11(2)3)19(17,5)6;1-3-5-4-2/h5-17H,4,18-19H2,1-3H3;7,9,14,16-17H,1,8,10H2,2-6H3;3-4H2,1-2H3. The molecule has 2 aliphatic carbocycles. The molecule has 0 saturated heterocycles. The van der Waals surface area contributed by atoms with Gasteiger partial charge in [-0.2, -0.15) is 0 Å². The molecule has 0 aromatic heterocycles. The molecule has 0 bridgehead atoms. The van der Waals surface area contributed by atoms with Crippen LogP contribution in [0.5, 0.6) is 17.2 Å². The summed E-state index contributed by atoms with van der Waals surface area (Å²) in [6.45, 7) is 27.7. The number of para-hydroxylation sites is 1. The van der Waals surface area contributed by atoms with Crippen molar-refractivity contribution in [3.8, 4) is 17.2 Å². The molecule has 0 amide bonds. The minimum Gasteiger partial charge on any atom is -0.494 e. The quantitative estimate of drug-likeness (QED) is 0.106. The van der Waals surface area contributed by atoms with Crippen LogP contribution in [0.15, 0.2) is 114 Å². The lowest BCUT2D eigenvalue weighted by molar-refractivity contribution is -0.150. The van der Waals surface area contributed by atoms with Gasteiger partial charge in [0.2, 0.25) is 0 Å². The lowest BCUT2D eigenvalue weighted by Crippen LogP contribution is -2.24. The number of carbonyl (C=O) groups is 2. The molecule has 1 fully saturated rings. The molecule has 0 N–H and O–H groups in total. The summed E-state index contributed by atoms with van der Waals surface area (Å²) in [7, 11) is 0. The molecule has 5 rings (SSSR count). The van der Waals surface area contributed by atoms with Crippen LogP contribution in [0.3, 0.4) is 0 Å². The van der Waals surface area contributed by atoms with Crippen LogP contribution in [0.4, 0.5) is 0 Å². The number of carbonyl (C=O) groups excluding carboxylic acids is 2. The second kappa shape index (κ2) is 21.6. The van der Waals surface area contributed by atoms with E-state index in [1.165, 1.54) is 11.1 Å². The zero-order valence-electron chi connectivity index (χ0n) is 34.9. The SMILES string of the molecule is C=CCC1=C(C)C(OC(=O)C2C(C=C(C)C)C2(C)C)CC1=O.CCOCC.CCOc1ccc(C(C)(C)COCc2cccc(Oc3ccccc3)c2)cc1. The highest BCUT2D eigenvalue weighted by Gasteiger charge is 2.61. The van der Waals surface area contributed by atoms with Gasteiger partial charge in [0.1, 0.15) is 23.4 Å². The molecule has 0 heterocycles. The van der Waals surface area contributed by atoms with Crippen molar-refractivity contribution >= 4 is 11.8 Å². The van der Waals surface area contributed by atoms with E-state index in [1.54, 1.807) is 6.08 Å². The van der Waals surface area contributed by atoms with Crippen LogP contribution in [0.2, 0.25) is 0 Å². The maximum Gasteiger partial charge on any atom is 0.310 e. The molecule has 3 unspecified atom stereocenters. The van der Waals surface area contributed by atoms with Crippen LogP contribution in [-0.4, -0.2) is 44.3 Å². The monoisotopic (exact) mass is 752 g/mol. The third-order valence-electron chi connectivity index (χ3n) is 9.91. The average molecular weight is 753 g/mol. The number of ether oxygens (including phenoxy) is 5. The second-order valence-electron chi connectivity index (χ2n) is 15.5. The number of Topliss-reactive ketones (excluding diaryl/α,β-unsaturated/α-hetero) is 1. The van der Waals surface area contributed by atoms with Crippen molar-refractivity contribution in [2.45, 2.75) is 100 Å². The Kier molecular flexibility index (Phi) is 17.6. The summed E-state index contributed by atoms with van der Waals surface area (Å²) in [4.78, 5) is 24.5. The Morgan fingerprint density at radius 2 is 1.53 bits per heavy atom. The van der Waals surface area contributed by atoms with Gasteiger partial charge >= 0.3 is 5.97 Å². The zero-order chi connectivity index (χ0) is 40.6. The van der Waals surface area contributed by atoms with Gasteiger partial charge in [0.05, 0.1) is 32.2 Å². The predicted molar refractivity (Wildman–Crippen MR) is 223 cm³/mol. The van der Waals surface area contributed by atoms with Crippen LogP contribution in [0.1, 0.15) is 93.2 Å². The highest BCUT2D eigenvalue weighted by atomic mass is 16.5. The normalized spacial score (nSPS) is 18.2. The molecule has 0 radical (unpaired) electrons. The smallest absolute Gasteiger partial charge is 0.310 e. The first kappa shape index (κ1) is 44.9. The van der Waals surface area contributed by atoms with E-state index >= 15 is 0 Å². The first-order valence-electron chi connectivity index (χ1n) is 19.6. The fourth-order valence-corrected chi connectivity index (χ4v) is 6.62. The van der Waals surface area contributed by atoms with Crippen molar-refractivity contribution in [3.05, 3.63) is 125 Å². The average Bonchev–Trinajstić information content (AvgIpc) is 3.58. The molecule has 3 aromatic carbocycles. The van der Waals surface area contributed by atoms with Gasteiger partial charge < -0.3 is 23.7 Å². The molecule has 2 aliphatic rings. The summed E-state index contributed by atoms with van der Waals surface area (Å²) in [6.07, 6.45) is 4.31. The first-order chi connectivity index (χ1) is 26.2. The Morgan fingerprint density at radius 3 is 2.11 bits per heavy atom. The summed E-state index contributed by atoms with van der Waals surface area (Å²) >= 11 is 0. The highest BCUT2D eigenvalue weighted by molar-refractivity contribution is 6.00. The van der Waals surface area contributed by atoms with Crippen molar-refractivity contribution in [2.75, 3.05) is 26.4 Å². The number of rotatable bonds is 16. The Hall–Kier alpha value is -4.46. The summed E-state index contributed by atoms with van der Waals surface area (Å²) in [6, 6.07) is 26.1. The van der Waals surface area contributed by atoms with Crippen molar-refractivity contribution in [2.24, 2.45) is 17.3 Å². The van der Waals surface area contributed by atoms with E-state index in [9.17, 15) is 9.59 Å². The van der Waals surface area contributed by atoms with Gasteiger partial charge in [-0.3, -0.25) is 9.59 Å². The Labute approximate surface area is 330 Å². The van der Waals surface area contributed by atoms with Crippen LogP contribution in [0, 0.1) is 17.3 Å². The van der Waals surface area contributed by atoms with Gasteiger partial charge in [0.25, 0.3) is 0 Å². The van der Waals surface area contributed by atoms with E-state index in [1.807, 2.05) is 102 Å². The fourth-order valence-electron chi connectivity index (χ4n) is 6.62. The van der Waals surface area contributed by atoms with Crippen LogP contribution in [0.25, 0.3) is 0 Å². The Balaban J connectivity index is 0.000000269. The number of allylic oxidation sites excluding steroid dienone is 4. The van der Waals surface area contributed by atoms with Gasteiger partial charge in [-0.25, -0.2) is 0 Å². The van der Waals surface area contributed by atoms with Gasteiger partial charge in [-0.15, -0.1) is 6.58 Å². The topological polar surface area (TPSA) is 80.3 Å². The molecule has 7 nitrogen and oxygen atoms in total. The number of hydrogen-bond donors (Lipinski definition) is 0. The third kappa shape index (κ3) is 13.7. The van der Waals surface area contributed by atoms with Gasteiger partial charge in [-0.1, -0.05) is 87.9 Å². The largest absolute Gasteiger partial charge is 0.494 e. The molecule has 1 saturated carbocycles. The second-order valence-corrected chi connectivity index (χ2v) is 15.5. The Bertz CT molecular complexity index is 1730. The lowest BCUT2D eigenvalue weighted by atomic mass is 9.85. The molecular formula is C48H64O7. The van der Waals surface area contributed by atoms with Crippen molar-refractivity contribution in [3.63, 3.8) is 0 Å². The molecule has 3 aromatic rings. The predicted octanol–water partition coefficient (Wildman–Crippen LogP) is 11.4. The molecule has 298 valence electrons. The zero-order valence-corrected chi connectivity index (χ0v) is 34.9. The first-order valence-corrected chi connectivity index (χ1v) is 19.6. The Morgan fingerprint density at radius 1 is 0.873 bits per heavy atom. The molecule has 0 spiro atoms. The molecule has 0 aliphatic heterocycles. The fraction of sp³-hybridized carbons (Fsp3) is 0.458. The van der Waals surface area contributed by atoms with E-state index < -0.39 is 6.10 Å². The van der Waals surface area contributed by atoms with Gasteiger partial charge in [0.15, 0.2) is 5.78 Å². The number of hydrogen-bond acceptors (Lipinski definition) is 7. The maximum absolute atomic E-state index is 12.5. The summed E-state index contributed by atoms with van der Waals surface area (Å²) in [5, 5.41) is 0. The molecular weight excluding hydrogens is 689 g/mol. The van der Waals surface area contributed by atoms with Gasteiger partial charge in [0, 0.05) is 24.2 Å². The van der Waals surface area contributed by atoms with Crippen LogP contribution < -0.4 is 9.47 Å². The minimum absolute atomic E-state index is 0.0570. The van der Waals surface area contributed by atoms with E-state index in [0.29, 0.717) is 26.2 Å². The van der Waals surface area contributed by atoms with Crippen molar-refractivity contribution in [1.82, 2.24) is 0 Å². The number of benzene rings is 3. The van der Waals surface area contributed by atoms with E-state index in [2.05, 4.69) is 58.5 Å². The van der Waals surface area contributed by atoms with Crippen LogP contribution >= 0.6 is 0 Å².